The summed E-state index contributed by atoms with van der Waals surface area (Å²) < 4.78 is 12.6. The molecule has 2 amide bonds. The van der Waals surface area contributed by atoms with E-state index >= 15 is 0 Å². The molecule has 1 N–H and O–H groups in total. The number of rotatable bonds is 2. The van der Waals surface area contributed by atoms with Gasteiger partial charge in [-0.25, -0.2) is 4.98 Å². The molecule has 1 aliphatic rings. The van der Waals surface area contributed by atoms with E-state index in [1.165, 1.54) is 19.2 Å². The van der Waals surface area contributed by atoms with E-state index in [4.69, 9.17) is 0 Å². The van der Waals surface area contributed by atoms with Gasteiger partial charge in [-0.2, -0.15) is 4.39 Å². The maximum atomic E-state index is 12.6. The van der Waals surface area contributed by atoms with Gasteiger partial charge in [0, 0.05) is 32.3 Å². The highest BCUT2D eigenvalue weighted by molar-refractivity contribution is 5.94. The highest BCUT2D eigenvalue weighted by Crippen LogP contribution is 2.13. The van der Waals surface area contributed by atoms with Crippen molar-refractivity contribution in [3.63, 3.8) is 0 Å². The van der Waals surface area contributed by atoms with Gasteiger partial charge in [0.15, 0.2) is 0 Å². The van der Waals surface area contributed by atoms with Gasteiger partial charge in [-0.3, -0.25) is 9.59 Å². The summed E-state index contributed by atoms with van der Waals surface area (Å²) in [4.78, 5) is 28.0. The Balaban J connectivity index is 1.99. The molecule has 1 atom stereocenters. The summed E-state index contributed by atoms with van der Waals surface area (Å²) in [5.74, 6) is -0.891. The summed E-state index contributed by atoms with van der Waals surface area (Å²) in [6.07, 6.45) is 1.96. The number of nitrogens with one attached hydrogen (secondary N) is 1. The lowest BCUT2D eigenvalue weighted by Crippen LogP contribution is -2.37. The molecule has 5 nitrogen and oxygen atoms in total. The Kier molecular flexibility index (Phi) is 3.55. The number of carbonyl (C=O) groups is 2. The van der Waals surface area contributed by atoms with Gasteiger partial charge in [0.25, 0.3) is 5.91 Å². The van der Waals surface area contributed by atoms with Gasteiger partial charge in [-0.05, 0) is 18.6 Å². The van der Waals surface area contributed by atoms with E-state index in [0.717, 1.165) is 12.5 Å². The minimum absolute atomic E-state index is 0.000132. The maximum absolute atomic E-state index is 12.6. The lowest BCUT2D eigenvalue weighted by atomic mass is 10.2. The molecule has 1 aromatic heterocycles. The summed E-state index contributed by atoms with van der Waals surface area (Å²) >= 11 is 0. The molecule has 1 aliphatic heterocycles. The molecule has 0 bridgehead atoms. The molecule has 2 rings (SSSR count). The van der Waals surface area contributed by atoms with E-state index in [0.29, 0.717) is 18.7 Å². The fraction of sp³-hybridized carbons (Fsp3) is 0.417. The number of carbonyl (C=O) groups excluding carboxylic acids is 2. The third-order valence-electron chi connectivity index (χ3n) is 2.86. The van der Waals surface area contributed by atoms with Gasteiger partial charge in [-0.15, -0.1) is 0 Å². The molecule has 1 aromatic rings. The van der Waals surface area contributed by atoms with Crippen molar-refractivity contribution < 1.29 is 14.0 Å². The first-order valence-corrected chi connectivity index (χ1v) is 5.74. The number of nitrogens with zero attached hydrogens (tertiary/aromatic N) is 2. The molecule has 0 radical (unpaired) electrons. The van der Waals surface area contributed by atoms with E-state index in [-0.39, 0.29) is 17.9 Å². The zero-order valence-electron chi connectivity index (χ0n) is 10.0. The highest BCUT2D eigenvalue weighted by Gasteiger charge is 2.27. The van der Waals surface area contributed by atoms with Crippen LogP contribution in [0.15, 0.2) is 18.3 Å². The SMILES string of the molecule is CC(=O)NC1CCN(C(=O)c2ccc(F)nc2)C1. The maximum Gasteiger partial charge on any atom is 0.255 e. The zero-order valence-corrected chi connectivity index (χ0v) is 10.0. The lowest BCUT2D eigenvalue weighted by Gasteiger charge is -2.16. The Morgan fingerprint density at radius 3 is 2.89 bits per heavy atom. The zero-order chi connectivity index (χ0) is 13.1. The molecule has 0 aliphatic carbocycles. The first-order valence-electron chi connectivity index (χ1n) is 5.74. The minimum Gasteiger partial charge on any atom is -0.352 e. The average Bonchev–Trinajstić information content (AvgIpc) is 2.76. The first-order chi connectivity index (χ1) is 8.56. The Bertz CT molecular complexity index is 461. The van der Waals surface area contributed by atoms with Crippen LogP contribution in [-0.2, 0) is 4.79 Å². The number of pyridine rings is 1. The van der Waals surface area contributed by atoms with E-state index in [1.807, 2.05) is 0 Å². The summed E-state index contributed by atoms with van der Waals surface area (Å²) in [6, 6.07) is 2.57. The Morgan fingerprint density at radius 2 is 2.28 bits per heavy atom. The van der Waals surface area contributed by atoms with Crippen molar-refractivity contribution in [1.82, 2.24) is 15.2 Å². The summed E-state index contributed by atoms with van der Waals surface area (Å²) in [6.45, 7) is 2.52. The molecule has 0 spiro atoms. The molecule has 2 heterocycles. The van der Waals surface area contributed by atoms with Crippen LogP contribution >= 0.6 is 0 Å². The first kappa shape index (κ1) is 12.5. The van der Waals surface area contributed by atoms with Crippen LogP contribution in [0, 0.1) is 5.95 Å². The molecule has 1 fully saturated rings. The number of halogens is 1. The van der Waals surface area contributed by atoms with E-state index in [9.17, 15) is 14.0 Å². The van der Waals surface area contributed by atoms with Gasteiger partial charge < -0.3 is 10.2 Å². The van der Waals surface area contributed by atoms with Crippen LogP contribution in [0.5, 0.6) is 0 Å². The highest BCUT2D eigenvalue weighted by atomic mass is 19.1. The minimum atomic E-state index is -0.607. The third-order valence-corrected chi connectivity index (χ3v) is 2.86. The summed E-state index contributed by atoms with van der Waals surface area (Å²) in [7, 11) is 0. The predicted octanol–water partition coefficient (Wildman–Crippen LogP) is 0.571. The fourth-order valence-electron chi connectivity index (χ4n) is 2.03. The molecule has 6 heteroatoms. The van der Waals surface area contributed by atoms with Crippen molar-refractivity contribution in [1.29, 1.82) is 0 Å². The van der Waals surface area contributed by atoms with E-state index in [1.54, 1.807) is 4.90 Å². The van der Waals surface area contributed by atoms with Crippen molar-refractivity contribution in [2.45, 2.75) is 19.4 Å². The van der Waals surface area contributed by atoms with Gasteiger partial charge in [0.2, 0.25) is 11.9 Å². The van der Waals surface area contributed by atoms with Gasteiger partial charge in [-0.1, -0.05) is 0 Å². The lowest BCUT2D eigenvalue weighted by molar-refractivity contribution is -0.119. The van der Waals surface area contributed by atoms with Crippen molar-refractivity contribution >= 4 is 11.8 Å². The van der Waals surface area contributed by atoms with Crippen LogP contribution in [-0.4, -0.2) is 40.8 Å². The monoisotopic (exact) mass is 251 g/mol. The second-order valence-corrected chi connectivity index (χ2v) is 4.31. The average molecular weight is 251 g/mol. The molecule has 1 unspecified atom stereocenters. The second-order valence-electron chi connectivity index (χ2n) is 4.31. The summed E-state index contributed by atoms with van der Waals surface area (Å²) in [5.41, 5.74) is 0.361. The van der Waals surface area contributed by atoms with E-state index < -0.39 is 5.95 Å². The van der Waals surface area contributed by atoms with Gasteiger partial charge >= 0.3 is 0 Å². The summed E-state index contributed by atoms with van der Waals surface area (Å²) in [5, 5.41) is 2.78. The van der Waals surface area contributed by atoms with Crippen LogP contribution < -0.4 is 5.32 Å². The number of hydrogen-bond acceptors (Lipinski definition) is 3. The van der Waals surface area contributed by atoms with Crippen molar-refractivity contribution in [2.24, 2.45) is 0 Å². The van der Waals surface area contributed by atoms with Crippen LogP contribution in [0.1, 0.15) is 23.7 Å². The van der Waals surface area contributed by atoms with Gasteiger partial charge in [0.05, 0.1) is 5.56 Å². The number of aromatic nitrogens is 1. The topological polar surface area (TPSA) is 62.3 Å². The smallest absolute Gasteiger partial charge is 0.255 e. The largest absolute Gasteiger partial charge is 0.352 e. The van der Waals surface area contributed by atoms with Crippen LogP contribution in [0.2, 0.25) is 0 Å². The Morgan fingerprint density at radius 1 is 1.50 bits per heavy atom. The van der Waals surface area contributed by atoms with Gasteiger partial charge in [0.1, 0.15) is 0 Å². The van der Waals surface area contributed by atoms with Crippen LogP contribution in [0.3, 0.4) is 0 Å². The molecular formula is C12H14FN3O2. The van der Waals surface area contributed by atoms with Crippen LogP contribution in [0.25, 0.3) is 0 Å². The molecular weight excluding hydrogens is 237 g/mol. The van der Waals surface area contributed by atoms with Crippen molar-refractivity contribution in [3.05, 3.63) is 29.8 Å². The molecule has 1 saturated heterocycles. The second kappa shape index (κ2) is 5.12. The normalized spacial score (nSPS) is 18.8. The molecule has 96 valence electrons. The standard InChI is InChI=1S/C12H14FN3O2/c1-8(17)15-10-4-5-16(7-10)12(18)9-2-3-11(13)14-6-9/h2-3,6,10H,4-5,7H2,1H3,(H,15,17). The third kappa shape index (κ3) is 2.82. The fourth-order valence-corrected chi connectivity index (χ4v) is 2.03. The predicted molar refractivity (Wildman–Crippen MR) is 62.3 cm³/mol. The van der Waals surface area contributed by atoms with Crippen molar-refractivity contribution in [2.75, 3.05) is 13.1 Å². The number of likely N-dealkylation sites (tertiary alicyclic amines) is 1. The number of amides is 2. The molecule has 18 heavy (non-hydrogen) atoms. The van der Waals surface area contributed by atoms with E-state index in [2.05, 4.69) is 10.3 Å². The quantitative estimate of drug-likeness (QED) is 0.782. The van der Waals surface area contributed by atoms with Crippen LogP contribution in [0.4, 0.5) is 4.39 Å². The molecule has 0 saturated carbocycles. The molecule has 0 aromatic carbocycles. The number of hydrogen-bond donors (Lipinski definition) is 1. The Hall–Kier alpha value is -1.98. The van der Waals surface area contributed by atoms with Crippen molar-refractivity contribution in [3.8, 4) is 0 Å². The Labute approximate surface area is 104 Å².